The van der Waals surface area contributed by atoms with Crippen molar-refractivity contribution < 1.29 is 0 Å². The van der Waals surface area contributed by atoms with Gasteiger partial charge in [0.15, 0.2) is 0 Å². The van der Waals surface area contributed by atoms with Crippen molar-refractivity contribution in [2.75, 3.05) is 0 Å². The molecule has 4 aliphatic rings. The number of benzene rings is 4. The van der Waals surface area contributed by atoms with Gasteiger partial charge in [0.1, 0.15) is 0 Å². The second-order valence-electron chi connectivity index (χ2n) is 12.4. The van der Waals surface area contributed by atoms with Crippen LogP contribution < -0.4 is 16.0 Å². The van der Waals surface area contributed by atoms with Gasteiger partial charge in [0.25, 0.3) is 0 Å². The van der Waals surface area contributed by atoms with E-state index in [1.807, 2.05) is 0 Å². The lowest BCUT2D eigenvalue weighted by Gasteiger charge is -2.35. The molecule has 8 bridgehead atoms. The Bertz CT molecular complexity index is 2400. The van der Waals surface area contributed by atoms with Gasteiger partial charge in [-0.25, -0.2) is 9.98 Å². The van der Waals surface area contributed by atoms with Crippen LogP contribution >= 0.6 is 0 Å². The van der Waals surface area contributed by atoms with Crippen molar-refractivity contribution in [1.29, 1.82) is 0 Å². The number of aromatic nitrogens is 1. The van der Waals surface area contributed by atoms with Crippen molar-refractivity contribution >= 4 is 28.1 Å². The molecule has 5 heterocycles. The molecule has 4 nitrogen and oxygen atoms in total. The van der Waals surface area contributed by atoms with Crippen LogP contribution in [0.5, 0.6) is 0 Å². The van der Waals surface area contributed by atoms with E-state index in [1.54, 1.807) is 0 Å². The molecule has 0 saturated carbocycles. The number of hydrogen-bond donors (Lipinski definition) is 2. The Morgan fingerprint density at radius 1 is 0.521 bits per heavy atom. The number of nitrogens with zero attached hydrogens (tertiary/aromatic N) is 2. The van der Waals surface area contributed by atoms with E-state index in [-0.39, 0.29) is 0 Å². The van der Waals surface area contributed by atoms with Gasteiger partial charge in [-0.1, -0.05) is 127 Å². The highest BCUT2D eigenvalue weighted by molar-refractivity contribution is 6.31. The van der Waals surface area contributed by atoms with Crippen LogP contribution in [0, 0.1) is 0 Å². The van der Waals surface area contributed by atoms with E-state index >= 15 is 0 Å². The maximum absolute atomic E-state index is 5.48. The second-order valence-corrected chi connectivity index (χ2v) is 12.4. The van der Waals surface area contributed by atoms with Gasteiger partial charge < -0.3 is 10.3 Å². The van der Waals surface area contributed by atoms with Crippen molar-refractivity contribution in [1.82, 2.24) is 10.3 Å². The summed E-state index contributed by atoms with van der Waals surface area (Å²) in [6, 6.07) is 46.8. The zero-order chi connectivity index (χ0) is 31.9. The lowest BCUT2D eigenvalue weighted by Crippen LogP contribution is -2.39. The molecule has 1 aromatic heterocycles. The zero-order valence-corrected chi connectivity index (χ0v) is 26.3. The highest BCUT2D eigenvalue weighted by Crippen LogP contribution is 2.46. The van der Waals surface area contributed by atoms with Crippen LogP contribution in [0.2, 0.25) is 0 Å². The third-order valence-electron chi connectivity index (χ3n) is 9.46. The Balaban J connectivity index is 1.39. The molecule has 1 unspecified atom stereocenters. The first-order valence-electron chi connectivity index (χ1n) is 16.4. The summed E-state index contributed by atoms with van der Waals surface area (Å²) in [5.74, 6) is 0. The van der Waals surface area contributed by atoms with Crippen molar-refractivity contribution in [3.63, 3.8) is 0 Å². The van der Waals surface area contributed by atoms with Crippen LogP contribution in [0.15, 0.2) is 197 Å². The van der Waals surface area contributed by atoms with Crippen LogP contribution in [0.4, 0.5) is 0 Å². The van der Waals surface area contributed by atoms with E-state index in [4.69, 9.17) is 9.98 Å². The lowest BCUT2D eigenvalue weighted by molar-refractivity contribution is 0.523. The number of rotatable bonds is 4. The molecule has 4 aliphatic heterocycles. The Hall–Kier alpha value is -6.26. The molecule has 1 atom stereocenters. The normalized spacial score (nSPS) is 19.6. The lowest BCUT2D eigenvalue weighted by atomic mass is 9.77. The molecule has 0 fully saturated rings. The van der Waals surface area contributed by atoms with Gasteiger partial charge in [-0.15, -0.1) is 0 Å². The van der Waals surface area contributed by atoms with E-state index in [2.05, 4.69) is 180 Å². The molecule has 4 heteroatoms. The van der Waals surface area contributed by atoms with Crippen molar-refractivity contribution in [2.45, 2.75) is 12.0 Å². The SMILES string of the molecule is C1=CC2=NC1=CC1=CCC(c3ccccc3)(N1)C(c1ccccc1)=C1C=CC(=N1)C(c1ccccc1)=c1ccc([nH]1)=C2c1ccccc1. The molecular weight excluding hydrogens is 585 g/mol. The van der Waals surface area contributed by atoms with E-state index in [0.717, 1.165) is 79.0 Å². The van der Waals surface area contributed by atoms with Crippen LogP contribution in [-0.2, 0) is 5.54 Å². The molecule has 5 aromatic rings. The van der Waals surface area contributed by atoms with E-state index < -0.39 is 5.54 Å². The first-order chi connectivity index (χ1) is 23.7. The molecule has 4 aromatic carbocycles. The zero-order valence-electron chi connectivity index (χ0n) is 26.3. The molecule has 0 spiro atoms. The van der Waals surface area contributed by atoms with Gasteiger partial charge in [-0.2, -0.15) is 0 Å². The Morgan fingerprint density at radius 3 is 1.69 bits per heavy atom. The predicted octanol–water partition coefficient (Wildman–Crippen LogP) is 7.52. The minimum Gasteiger partial charge on any atom is -0.371 e. The number of aliphatic imine (C=N–C) groups is 2. The first kappa shape index (κ1) is 28.0. The van der Waals surface area contributed by atoms with E-state index in [1.165, 1.54) is 5.56 Å². The highest BCUT2D eigenvalue weighted by Gasteiger charge is 2.42. The molecule has 2 N–H and O–H groups in total. The van der Waals surface area contributed by atoms with Crippen molar-refractivity contribution in [3.05, 3.63) is 220 Å². The fourth-order valence-corrected chi connectivity index (χ4v) is 7.32. The largest absolute Gasteiger partial charge is 0.371 e. The summed E-state index contributed by atoms with van der Waals surface area (Å²) in [5.41, 5.74) is 12.0. The molecule has 228 valence electrons. The maximum atomic E-state index is 5.48. The molecule has 0 amide bonds. The summed E-state index contributed by atoms with van der Waals surface area (Å²) >= 11 is 0. The van der Waals surface area contributed by atoms with Crippen LogP contribution in [0.1, 0.15) is 28.7 Å². The van der Waals surface area contributed by atoms with Crippen LogP contribution in [0.25, 0.3) is 16.7 Å². The smallest absolute Gasteiger partial charge is 0.0941 e. The molecule has 0 aliphatic carbocycles. The summed E-state index contributed by atoms with van der Waals surface area (Å²) in [4.78, 5) is 14.5. The standard InChI is InChI=1S/C44H32N4/c1-5-13-30(14-6-1)41-36-22-21-34(45-36)29-35-27-28-44(48-35,33-19-11-4-12-20-33)43(32-17-9-3-10-18-32)40-26-25-39(47-40)42(31-15-7-2-8-16-31)38-24-23-37(41)46-38/h1-27,29,46,48H,28H2. The number of H-pyrrole nitrogens is 1. The topological polar surface area (TPSA) is 52.5 Å². The summed E-state index contributed by atoms with van der Waals surface area (Å²) in [6.07, 6.45) is 13.8. The van der Waals surface area contributed by atoms with Gasteiger partial charge in [-0.3, -0.25) is 0 Å². The average Bonchev–Trinajstić information content (AvgIpc) is 3.97. The van der Waals surface area contributed by atoms with E-state index in [9.17, 15) is 0 Å². The average molecular weight is 617 g/mol. The van der Waals surface area contributed by atoms with Crippen molar-refractivity contribution in [3.8, 4) is 0 Å². The third kappa shape index (κ3) is 4.78. The fraction of sp³-hybridized carbons (Fsp3) is 0.0455. The van der Waals surface area contributed by atoms with Crippen LogP contribution in [0.3, 0.4) is 0 Å². The van der Waals surface area contributed by atoms with Gasteiger partial charge in [0, 0.05) is 33.1 Å². The Labute approximate surface area is 279 Å². The monoisotopic (exact) mass is 616 g/mol. The Morgan fingerprint density at radius 2 is 1.06 bits per heavy atom. The van der Waals surface area contributed by atoms with Gasteiger partial charge in [0.05, 0.1) is 28.4 Å². The minimum absolute atomic E-state index is 0.548. The number of nitrogens with one attached hydrogen (secondary N) is 2. The van der Waals surface area contributed by atoms with Crippen molar-refractivity contribution in [2.24, 2.45) is 9.98 Å². The molecule has 48 heavy (non-hydrogen) atoms. The highest BCUT2D eigenvalue weighted by atomic mass is 15.0. The van der Waals surface area contributed by atoms with Gasteiger partial charge in [-0.05, 0) is 71.2 Å². The number of aromatic amines is 1. The number of allylic oxidation sites excluding steroid dienone is 5. The first-order valence-corrected chi connectivity index (χ1v) is 16.4. The summed E-state index contributed by atoms with van der Waals surface area (Å²) in [7, 11) is 0. The summed E-state index contributed by atoms with van der Waals surface area (Å²) in [6.45, 7) is 0. The number of hydrogen-bond acceptors (Lipinski definition) is 3. The molecule has 9 rings (SSSR count). The predicted molar refractivity (Wildman–Crippen MR) is 196 cm³/mol. The fourth-order valence-electron chi connectivity index (χ4n) is 7.32. The quantitative estimate of drug-likeness (QED) is 0.216. The number of fused-ring (bicyclic) bond motifs is 6. The summed E-state index contributed by atoms with van der Waals surface area (Å²) < 4.78 is 0. The minimum atomic E-state index is -0.548. The Kier molecular flexibility index (Phi) is 6.72. The summed E-state index contributed by atoms with van der Waals surface area (Å²) in [5, 5.41) is 6.01. The molecule has 0 radical (unpaired) electrons. The van der Waals surface area contributed by atoms with Gasteiger partial charge in [0.2, 0.25) is 0 Å². The molecular formula is C44H32N4. The molecule has 0 saturated heterocycles. The van der Waals surface area contributed by atoms with Crippen LogP contribution in [-0.4, -0.2) is 16.4 Å². The second kappa shape index (κ2) is 11.5. The maximum Gasteiger partial charge on any atom is 0.0941 e. The van der Waals surface area contributed by atoms with E-state index in [0.29, 0.717) is 0 Å². The van der Waals surface area contributed by atoms with Gasteiger partial charge >= 0.3 is 0 Å². The third-order valence-corrected chi connectivity index (χ3v) is 9.46.